The van der Waals surface area contributed by atoms with Crippen LogP contribution in [0.1, 0.15) is 31.5 Å². The molecule has 0 radical (unpaired) electrons. The first-order chi connectivity index (χ1) is 11.8. The number of hydrogen-bond donors (Lipinski definition) is 1. The van der Waals surface area contributed by atoms with E-state index in [9.17, 15) is 13.2 Å². The number of nitrogens with zero attached hydrogens (tertiary/aromatic N) is 2. The predicted molar refractivity (Wildman–Crippen MR) is 88.8 cm³/mol. The summed E-state index contributed by atoms with van der Waals surface area (Å²) in [7, 11) is 0. The van der Waals surface area contributed by atoms with Crippen LogP contribution in [0.2, 0.25) is 0 Å². The molecule has 2 rings (SSSR count). The average molecular weight is 349 g/mol. The lowest BCUT2D eigenvalue weighted by atomic mass is 10.0. The second-order valence-electron chi connectivity index (χ2n) is 5.43. The molecular weight excluding hydrogens is 331 g/mol. The zero-order chi connectivity index (χ0) is 18.4. The van der Waals surface area contributed by atoms with Gasteiger partial charge in [0.1, 0.15) is 17.5 Å². The van der Waals surface area contributed by atoms with Crippen molar-refractivity contribution in [3.05, 3.63) is 65.8 Å². The molecule has 25 heavy (non-hydrogen) atoms. The van der Waals surface area contributed by atoms with Gasteiger partial charge in [-0.05, 0) is 49.3 Å². The molecule has 1 unspecified atom stereocenters. The number of hydrogen-bond acceptors (Lipinski definition) is 4. The largest absolute Gasteiger partial charge is 0.484 e. The second-order valence-corrected chi connectivity index (χ2v) is 5.43. The van der Waals surface area contributed by atoms with E-state index in [-0.39, 0.29) is 17.4 Å². The molecule has 0 aliphatic carbocycles. The molecule has 7 heteroatoms. The van der Waals surface area contributed by atoms with Crippen LogP contribution in [0.15, 0.2) is 54.5 Å². The molecule has 2 aromatic heterocycles. The minimum absolute atomic E-state index is 0.0290. The summed E-state index contributed by atoms with van der Waals surface area (Å²) in [5.41, 5.74) is -0.155. The van der Waals surface area contributed by atoms with E-state index in [1.807, 2.05) is 6.92 Å². The molecule has 0 aliphatic heterocycles. The number of rotatable bonds is 6. The van der Waals surface area contributed by atoms with Gasteiger partial charge >= 0.3 is 6.18 Å². The number of pyridine rings is 2. The van der Waals surface area contributed by atoms with E-state index in [0.29, 0.717) is 12.2 Å². The van der Waals surface area contributed by atoms with Crippen molar-refractivity contribution in [2.45, 2.75) is 32.5 Å². The van der Waals surface area contributed by atoms with Crippen molar-refractivity contribution in [2.24, 2.45) is 0 Å². The minimum Gasteiger partial charge on any atom is -0.484 e. The van der Waals surface area contributed by atoms with E-state index in [2.05, 4.69) is 9.97 Å². The van der Waals surface area contributed by atoms with Crippen molar-refractivity contribution < 1.29 is 17.9 Å². The van der Waals surface area contributed by atoms with Crippen LogP contribution in [0.4, 0.5) is 13.2 Å². The van der Waals surface area contributed by atoms with Gasteiger partial charge in [0.15, 0.2) is 0 Å². The summed E-state index contributed by atoms with van der Waals surface area (Å²) in [6.07, 6.45) is 1.60. The molecule has 0 saturated carbocycles. The molecular formula is C18H18F3N3O. The molecule has 1 N–H and O–H groups in total. The first kappa shape index (κ1) is 18.6. The quantitative estimate of drug-likeness (QED) is 0.771. The van der Waals surface area contributed by atoms with Crippen LogP contribution < -0.4 is 4.74 Å². The zero-order valence-electron chi connectivity index (χ0n) is 13.8. The number of alkyl halides is 3. The molecule has 0 saturated heterocycles. The third-order valence-electron chi connectivity index (χ3n) is 3.52. The van der Waals surface area contributed by atoms with Crippen molar-refractivity contribution in [3.63, 3.8) is 0 Å². The molecule has 0 spiro atoms. The van der Waals surface area contributed by atoms with E-state index < -0.39 is 11.9 Å². The molecule has 0 amide bonds. The fraction of sp³-hybridized carbons (Fsp3) is 0.278. The topological polar surface area (TPSA) is 58.9 Å². The van der Waals surface area contributed by atoms with Crippen molar-refractivity contribution in [3.8, 4) is 5.75 Å². The van der Waals surface area contributed by atoms with Crippen molar-refractivity contribution in [2.75, 3.05) is 0 Å². The van der Waals surface area contributed by atoms with Gasteiger partial charge in [-0.2, -0.15) is 13.2 Å². The summed E-state index contributed by atoms with van der Waals surface area (Å²) in [5.74, 6) is 0.594. The maximum absolute atomic E-state index is 12.7. The van der Waals surface area contributed by atoms with Crippen LogP contribution in [0.25, 0.3) is 0 Å². The first-order valence-corrected chi connectivity index (χ1v) is 7.68. The highest BCUT2D eigenvalue weighted by Crippen LogP contribution is 2.28. The fourth-order valence-electron chi connectivity index (χ4n) is 2.24. The van der Waals surface area contributed by atoms with E-state index in [4.69, 9.17) is 10.1 Å². The molecule has 2 aromatic rings. The minimum atomic E-state index is -4.54. The SMILES string of the molecule is CCC(Oc1cccnc1)/C(C)=C/C(=N)c1ccnc(C(F)(F)F)c1. The highest BCUT2D eigenvalue weighted by molar-refractivity contribution is 6.06. The normalized spacial score (nSPS) is 13.4. The molecule has 1 atom stereocenters. The van der Waals surface area contributed by atoms with Crippen LogP contribution in [0, 0.1) is 5.41 Å². The lowest BCUT2D eigenvalue weighted by molar-refractivity contribution is -0.141. The maximum atomic E-state index is 12.7. The Kier molecular flexibility index (Phi) is 5.90. The molecule has 132 valence electrons. The monoisotopic (exact) mass is 349 g/mol. The number of halogens is 3. The standard InChI is InChI=1S/C18H18F3N3O/c1-3-16(25-14-5-4-7-23-11-14)12(2)9-15(22)13-6-8-24-17(10-13)18(19,20)21/h4-11,16,22H,3H2,1-2H3/b12-9+,22-15?. The fourth-order valence-corrected chi connectivity index (χ4v) is 2.24. The Bertz CT molecular complexity index is 758. The summed E-state index contributed by atoms with van der Waals surface area (Å²) < 4.78 is 44.1. The van der Waals surface area contributed by atoms with Crippen LogP contribution in [0.3, 0.4) is 0 Å². The van der Waals surface area contributed by atoms with Gasteiger partial charge in [0.05, 0.1) is 11.9 Å². The number of ether oxygens (including phenoxy) is 1. The second kappa shape index (κ2) is 7.92. The molecule has 4 nitrogen and oxygen atoms in total. The molecule has 2 heterocycles. The smallest absolute Gasteiger partial charge is 0.433 e. The van der Waals surface area contributed by atoms with Crippen LogP contribution in [-0.4, -0.2) is 21.8 Å². The summed E-state index contributed by atoms with van der Waals surface area (Å²) in [5, 5.41) is 8.07. The van der Waals surface area contributed by atoms with Gasteiger partial charge in [-0.1, -0.05) is 6.92 Å². The highest BCUT2D eigenvalue weighted by atomic mass is 19.4. The van der Waals surface area contributed by atoms with Gasteiger partial charge in [-0.25, -0.2) is 0 Å². The van der Waals surface area contributed by atoms with Crippen LogP contribution in [-0.2, 0) is 6.18 Å². The van der Waals surface area contributed by atoms with Gasteiger partial charge in [0.25, 0.3) is 0 Å². The maximum Gasteiger partial charge on any atom is 0.433 e. The lowest BCUT2D eigenvalue weighted by Crippen LogP contribution is -2.18. The van der Waals surface area contributed by atoms with Crippen LogP contribution in [0.5, 0.6) is 5.75 Å². The van der Waals surface area contributed by atoms with Crippen molar-refractivity contribution in [1.29, 1.82) is 5.41 Å². The Labute approximate surface area is 143 Å². The predicted octanol–water partition coefficient (Wildman–Crippen LogP) is 4.67. The van der Waals surface area contributed by atoms with E-state index in [0.717, 1.165) is 17.8 Å². The number of nitrogens with one attached hydrogen (secondary N) is 1. The number of allylic oxidation sites excluding steroid dienone is 1. The summed E-state index contributed by atoms with van der Waals surface area (Å²) >= 11 is 0. The molecule has 0 aromatic carbocycles. The summed E-state index contributed by atoms with van der Waals surface area (Å²) in [4.78, 5) is 7.28. The lowest BCUT2D eigenvalue weighted by Gasteiger charge is -2.18. The Morgan fingerprint density at radius 1 is 1.32 bits per heavy atom. The highest BCUT2D eigenvalue weighted by Gasteiger charge is 2.32. The number of aromatic nitrogens is 2. The van der Waals surface area contributed by atoms with Crippen molar-refractivity contribution in [1.82, 2.24) is 9.97 Å². The van der Waals surface area contributed by atoms with Crippen molar-refractivity contribution >= 4 is 5.71 Å². The van der Waals surface area contributed by atoms with E-state index in [1.54, 1.807) is 31.5 Å². The van der Waals surface area contributed by atoms with Crippen LogP contribution >= 0.6 is 0 Å². The first-order valence-electron chi connectivity index (χ1n) is 7.68. The summed E-state index contributed by atoms with van der Waals surface area (Å²) in [6.45, 7) is 3.71. The summed E-state index contributed by atoms with van der Waals surface area (Å²) in [6, 6.07) is 5.77. The molecule has 0 fully saturated rings. The molecule has 0 aliphatic rings. The Morgan fingerprint density at radius 2 is 2.08 bits per heavy atom. The Balaban J connectivity index is 2.18. The van der Waals surface area contributed by atoms with Gasteiger partial charge in [-0.3, -0.25) is 9.97 Å². The third kappa shape index (κ3) is 5.14. The Morgan fingerprint density at radius 3 is 2.68 bits per heavy atom. The van der Waals surface area contributed by atoms with E-state index in [1.165, 1.54) is 12.1 Å². The molecule has 0 bridgehead atoms. The van der Waals surface area contributed by atoms with Gasteiger partial charge < -0.3 is 10.1 Å². The average Bonchev–Trinajstić information content (AvgIpc) is 2.59. The zero-order valence-corrected chi connectivity index (χ0v) is 13.8. The van der Waals surface area contributed by atoms with E-state index >= 15 is 0 Å². The third-order valence-corrected chi connectivity index (χ3v) is 3.52. The van der Waals surface area contributed by atoms with Gasteiger partial charge in [0.2, 0.25) is 0 Å². The van der Waals surface area contributed by atoms with Gasteiger partial charge in [-0.15, -0.1) is 0 Å². The van der Waals surface area contributed by atoms with Gasteiger partial charge in [0, 0.05) is 18.0 Å². The Hall–Kier alpha value is -2.70.